The van der Waals surface area contributed by atoms with Gasteiger partial charge in [-0.1, -0.05) is 17.8 Å². The molecule has 0 aliphatic carbocycles. The average molecular weight is 424 g/mol. The average Bonchev–Trinajstić information content (AvgIpc) is 3.33. The number of thioether (sulfide) groups is 2. The molecule has 0 radical (unpaired) electrons. The fourth-order valence-corrected chi connectivity index (χ4v) is 5.88. The standard InChI is InChI=1S/C15H13N5O4S3/c21-9(4-7-2-1-3-25-7)18-10-12(22)20-11(14(23)24)8(5-26-13(10)20)27-15-16-6-17-19-15/h1-3,6,10,13H,4-5H2,(H,18,21)(H,23,24)(H,16,17,19)/t10-,13-/m1/s1. The van der Waals surface area contributed by atoms with Crippen LogP contribution in [-0.4, -0.2) is 60.1 Å². The summed E-state index contributed by atoms with van der Waals surface area (Å²) >= 11 is 4.02. The normalized spacial score (nSPS) is 21.6. The van der Waals surface area contributed by atoms with E-state index in [4.69, 9.17) is 0 Å². The number of hydrogen-bond acceptors (Lipinski definition) is 8. The first kappa shape index (κ1) is 18.1. The van der Waals surface area contributed by atoms with Crippen molar-refractivity contribution in [1.29, 1.82) is 0 Å². The summed E-state index contributed by atoms with van der Waals surface area (Å²) in [5.41, 5.74) is -0.0612. The van der Waals surface area contributed by atoms with Crippen LogP contribution in [0.25, 0.3) is 0 Å². The van der Waals surface area contributed by atoms with Crippen molar-refractivity contribution < 1.29 is 19.5 Å². The van der Waals surface area contributed by atoms with Gasteiger partial charge < -0.3 is 10.4 Å². The number of aliphatic carboxylic acids is 1. The Balaban J connectivity index is 1.48. The predicted molar refractivity (Wildman–Crippen MR) is 99.9 cm³/mol. The predicted octanol–water partition coefficient (Wildman–Crippen LogP) is 0.897. The SMILES string of the molecule is O=C(Cc1cccs1)N[C@@H]1C(=O)N2C(C(=O)O)=C(Sc3ncn[nH]3)CS[C@H]12. The highest BCUT2D eigenvalue weighted by Gasteiger charge is 2.54. The van der Waals surface area contributed by atoms with Gasteiger partial charge in [0.05, 0.1) is 6.42 Å². The summed E-state index contributed by atoms with van der Waals surface area (Å²) in [6.07, 6.45) is 1.53. The number of nitrogens with one attached hydrogen (secondary N) is 2. The van der Waals surface area contributed by atoms with Crippen molar-refractivity contribution in [2.45, 2.75) is 23.0 Å². The summed E-state index contributed by atoms with van der Waals surface area (Å²) in [4.78, 5) is 43.1. The second kappa shape index (κ2) is 7.37. The molecule has 2 amide bonds. The number of amides is 2. The van der Waals surface area contributed by atoms with Crippen molar-refractivity contribution in [3.05, 3.63) is 39.3 Å². The molecule has 0 bridgehead atoms. The van der Waals surface area contributed by atoms with Gasteiger partial charge in [0.1, 0.15) is 23.4 Å². The molecular formula is C15H13N5O4S3. The minimum absolute atomic E-state index is 0.0612. The van der Waals surface area contributed by atoms with Crippen molar-refractivity contribution in [3.8, 4) is 0 Å². The van der Waals surface area contributed by atoms with Crippen LogP contribution in [0.5, 0.6) is 0 Å². The van der Waals surface area contributed by atoms with E-state index in [2.05, 4.69) is 20.5 Å². The molecule has 0 spiro atoms. The highest BCUT2D eigenvalue weighted by atomic mass is 32.2. The zero-order chi connectivity index (χ0) is 19.0. The van der Waals surface area contributed by atoms with Gasteiger partial charge in [-0.3, -0.25) is 19.6 Å². The Labute approximate surface area is 165 Å². The first-order chi connectivity index (χ1) is 13.0. The minimum atomic E-state index is -1.18. The highest BCUT2D eigenvalue weighted by molar-refractivity contribution is 8.06. The van der Waals surface area contributed by atoms with Crippen molar-refractivity contribution in [1.82, 2.24) is 25.4 Å². The number of aromatic nitrogens is 3. The zero-order valence-electron chi connectivity index (χ0n) is 13.6. The topological polar surface area (TPSA) is 128 Å². The van der Waals surface area contributed by atoms with Crippen LogP contribution in [0.3, 0.4) is 0 Å². The van der Waals surface area contributed by atoms with Gasteiger partial charge in [-0.25, -0.2) is 9.78 Å². The van der Waals surface area contributed by atoms with Gasteiger partial charge in [-0.05, 0) is 11.4 Å². The highest BCUT2D eigenvalue weighted by Crippen LogP contribution is 2.44. The van der Waals surface area contributed by atoms with Crippen LogP contribution in [-0.2, 0) is 20.8 Å². The smallest absolute Gasteiger partial charge is 0.353 e. The molecule has 2 aromatic heterocycles. The van der Waals surface area contributed by atoms with E-state index in [9.17, 15) is 19.5 Å². The second-order valence-corrected chi connectivity index (χ2v) is 8.90. The molecule has 0 saturated carbocycles. The van der Waals surface area contributed by atoms with E-state index in [1.165, 1.54) is 34.3 Å². The van der Waals surface area contributed by atoms with E-state index in [-0.39, 0.29) is 18.0 Å². The maximum atomic E-state index is 12.6. The number of rotatable bonds is 6. The second-order valence-electron chi connectivity index (χ2n) is 5.68. The first-order valence-electron chi connectivity index (χ1n) is 7.80. The molecule has 1 fully saturated rings. The van der Waals surface area contributed by atoms with Crippen molar-refractivity contribution in [2.75, 3.05) is 5.75 Å². The number of nitrogens with zero attached hydrogens (tertiary/aromatic N) is 3. The van der Waals surface area contributed by atoms with Gasteiger partial charge >= 0.3 is 5.97 Å². The van der Waals surface area contributed by atoms with Gasteiger partial charge in [0, 0.05) is 15.5 Å². The number of carboxylic acids is 1. The number of hydrogen-bond donors (Lipinski definition) is 3. The Morgan fingerprint density at radius 3 is 3.00 bits per heavy atom. The Bertz CT molecular complexity index is 912. The third kappa shape index (κ3) is 3.47. The summed E-state index contributed by atoms with van der Waals surface area (Å²) in [5.74, 6) is -1.45. The van der Waals surface area contributed by atoms with Crippen molar-refractivity contribution in [2.24, 2.45) is 0 Å². The van der Waals surface area contributed by atoms with Crippen LogP contribution in [0, 0.1) is 0 Å². The van der Waals surface area contributed by atoms with Crippen LogP contribution in [0.4, 0.5) is 0 Å². The molecule has 1 saturated heterocycles. The number of carbonyl (C=O) groups excluding carboxylic acids is 2. The number of carboxylic acid groups (broad SMARTS) is 1. The van der Waals surface area contributed by atoms with Gasteiger partial charge in [0.25, 0.3) is 5.91 Å². The number of fused-ring (bicyclic) bond motifs is 1. The van der Waals surface area contributed by atoms with E-state index in [1.54, 1.807) is 0 Å². The number of aromatic amines is 1. The van der Waals surface area contributed by atoms with Crippen LogP contribution >= 0.6 is 34.9 Å². The summed E-state index contributed by atoms with van der Waals surface area (Å²) in [7, 11) is 0. The van der Waals surface area contributed by atoms with Gasteiger partial charge in [-0.15, -0.1) is 23.1 Å². The van der Waals surface area contributed by atoms with Gasteiger partial charge in [0.15, 0.2) is 5.16 Å². The molecule has 2 aromatic rings. The van der Waals surface area contributed by atoms with Crippen LogP contribution in [0.15, 0.2) is 39.6 Å². The lowest BCUT2D eigenvalue weighted by atomic mass is 10.0. The Hall–Kier alpha value is -2.31. The van der Waals surface area contributed by atoms with E-state index in [0.29, 0.717) is 15.8 Å². The largest absolute Gasteiger partial charge is 0.477 e. The van der Waals surface area contributed by atoms with E-state index < -0.39 is 23.3 Å². The number of thiophene rings is 1. The lowest BCUT2D eigenvalue weighted by molar-refractivity contribution is -0.150. The first-order valence-corrected chi connectivity index (χ1v) is 10.5. The molecule has 140 valence electrons. The van der Waals surface area contributed by atoms with Crippen LogP contribution in [0.1, 0.15) is 4.88 Å². The van der Waals surface area contributed by atoms with Gasteiger partial charge in [-0.2, -0.15) is 5.10 Å². The summed E-state index contributed by atoms with van der Waals surface area (Å²) in [6.45, 7) is 0. The fourth-order valence-electron chi connectivity index (χ4n) is 2.83. The quantitative estimate of drug-likeness (QED) is 0.585. The van der Waals surface area contributed by atoms with Crippen LogP contribution < -0.4 is 5.32 Å². The summed E-state index contributed by atoms with van der Waals surface area (Å²) in [6, 6.07) is 3.00. The molecule has 27 heavy (non-hydrogen) atoms. The number of H-pyrrole nitrogens is 1. The molecule has 4 rings (SSSR count). The third-order valence-corrected chi connectivity index (χ3v) is 7.29. The van der Waals surface area contributed by atoms with Gasteiger partial charge in [0.2, 0.25) is 5.91 Å². The minimum Gasteiger partial charge on any atom is -0.477 e. The molecule has 12 heteroatoms. The van der Waals surface area contributed by atoms with E-state index >= 15 is 0 Å². The summed E-state index contributed by atoms with van der Waals surface area (Å²) in [5, 5.41) is 20.7. The molecule has 0 aromatic carbocycles. The zero-order valence-corrected chi connectivity index (χ0v) is 16.1. The maximum Gasteiger partial charge on any atom is 0.353 e. The summed E-state index contributed by atoms with van der Waals surface area (Å²) < 4.78 is 0. The lowest BCUT2D eigenvalue weighted by Gasteiger charge is -2.49. The molecular weight excluding hydrogens is 410 g/mol. The Kier molecular flexibility index (Phi) is 4.93. The number of β-lactam (4-membered cyclic amide) rings is 1. The Morgan fingerprint density at radius 1 is 1.48 bits per heavy atom. The maximum absolute atomic E-state index is 12.6. The van der Waals surface area contributed by atoms with E-state index in [1.807, 2.05) is 17.5 Å². The van der Waals surface area contributed by atoms with Crippen molar-refractivity contribution >= 4 is 52.6 Å². The Morgan fingerprint density at radius 2 is 2.33 bits per heavy atom. The molecule has 3 N–H and O–H groups in total. The lowest BCUT2D eigenvalue weighted by Crippen LogP contribution is -2.70. The molecule has 4 heterocycles. The van der Waals surface area contributed by atoms with Crippen LogP contribution in [0.2, 0.25) is 0 Å². The molecule has 2 aliphatic heterocycles. The van der Waals surface area contributed by atoms with Crippen molar-refractivity contribution in [3.63, 3.8) is 0 Å². The fraction of sp³-hybridized carbons (Fsp3) is 0.267. The monoisotopic (exact) mass is 423 g/mol. The third-order valence-electron chi connectivity index (χ3n) is 3.98. The molecule has 2 atom stereocenters. The molecule has 0 unspecified atom stereocenters. The van der Waals surface area contributed by atoms with E-state index in [0.717, 1.165) is 16.6 Å². The molecule has 2 aliphatic rings. The number of carbonyl (C=O) groups is 3. The molecule has 9 nitrogen and oxygen atoms in total.